The Morgan fingerprint density at radius 3 is 2.40 bits per heavy atom. The fourth-order valence-electron chi connectivity index (χ4n) is 2.14. The number of nitrogens with zero attached hydrogens (tertiary/aromatic N) is 1. The topological polar surface area (TPSA) is 26.1 Å². The first-order valence-electron chi connectivity index (χ1n) is 5.72. The summed E-state index contributed by atoms with van der Waals surface area (Å²) in [6, 6.07) is 9.43. The van der Waals surface area contributed by atoms with Crippen molar-refractivity contribution >= 4 is 11.9 Å². The number of hydrogen-bond acceptors (Lipinski definition) is 1. The Labute approximate surface area is 90.8 Å². The number of para-hydroxylation sites is 1. The lowest BCUT2D eigenvalue weighted by atomic mass is 9.90. The van der Waals surface area contributed by atoms with Crippen molar-refractivity contribution < 1.29 is 4.74 Å². The van der Waals surface area contributed by atoms with Crippen molar-refractivity contribution in [2.24, 2.45) is 5.92 Å². The molecule has 0 aromatic heterocycles. The molecule has 1 aromatic carbocycles. The molecule has 80 valence electrons. The van der Waals surface area contributed by atoms with Crippen LogP contribution >= 0.6 is 0 Å². The third kappa shape index (κ3) is 2.82. The first-order chi connectivity index (χ1) is 7.36. The summed E-state index contributed by atoms with van der Waals surface area (Å²) in [5.41, 5.74) is 0.739. The van der Waals surface area contributed by atoms with Gasteiger partial charge < -0.3 is 5.21 Å². The van der Waals surface area contributed by atoms with E-state index in [1.165, 1.54) is 32.1 Å². The first kappa shape index (κ1) is 10.2. The summed E-state index contributed by atoms with van der Waals surface area (Å²) in [6.07, 6.45) is 8.05. The molecule has 1 saturated carbocycles. The maximum absolute atomic E-state index is 11.8. The smallest absolute Gasteiger partial charge is 0.216 e. The molecule has 0 amide bonds. The lowest BCUT2D eigenvalue weighted by molar-refractivity contribution is -0.358. The van der Waals surface area contributed by atoms with Crippen molar-refractivity contribution in [1.29, 1.82) is 0 Å². The van der Waals surface area contributed by atoms with Gasteiger partial charge in [-0.3, -0.25) is 0 Å². The Balaban J connectivity index is 2.06. The lowest BCUT2D eigenvalue weighted by Gasteiger charge is -2.16. The standard InChI is InChI=1S/C13H17NO/c15-14(13-9-5-2-6-10-13)11-12-7-3-1-4-8-12/h2,5-6,9-12H,1,3-4,7-8H2/b14-11-. The summed E-state index contributed by atoms with van der Waals surface area (Å²) in [5.74, 6) is 0.483. The van der Waals surface area contributed by atoms with Gasteiger partial charge in [-0.1, -0.05) is 37.5 Å². The van der Waals surface area contributed by atoms with Gasteiger partial charge in [0.1, 0.15) is 0 Å². The van der Waals surface area contributed by atoms with E-state index < -0.39 is 0 Å². The molecule has 0 unspecified atom stereocenters. The predicted molar refractivity (Wildman–Crippen MR) is 62.4 cm³/mol. The zero-order chi connectivity index (χ0) is 10.5. The molecule has 1 fully saturated rings. The molecular formula is C13H17NO. The fourth-order valence-corrected chi connectivity index (χ4v) is 2.14. The molecule has 0 saturated heterocycles. The van der Waals surface area contributed by atoms with E-state index in [1.807, 2.05) is 36.5 Å². The second-order valence-corrected chi connectivity index (χ2v) is 4.21. The summed E-state index contributed by atoms with van der Waals surface area (Å²) in [4.78, 5) is 0. The molecule has 1 aromatic rings. The summed E-state index contributed by atoms with van der Waals surface area (Å²) < 4.78 is 1.02. The van der Waals surface area contributed by atoms with E-state index in [0.717, 1.165) is 10.4 Å². The van der Waals surface area contributed by atoms with Crippen LogP contribution in [0.5, 0.6) is 0 Å². The van der Waals surface area contributed by atoms with Gasteiger partial charge in [-0.2, -0.15) is 4.74 Å². The number of benzene rings is 1. The lowest BCUT2D eigenvalue weighted by Crippen LogP contribution is -2.12. The quantitative estimate of drug-likeness (QED) is 0.313. The molecule has 0 spiro atoms. The molecular weight excluding hydrogens is 186 g/mol. The first-order valence-corrected chi connectivity index (χ1v) is 5.72. The van der Waals surface area contributed by atoms with Gasteiger partial charge in [0.05, 0.1) is 0 Å². The van der Waals surface area contributed by atoms with Crippen molar-refractivity contribution in [3.63, 3.8) is 0 Å². The van der Waals surface area contributed by atoms with Gasteiger partial charge in [0, 0.05) is 18.1 Å². The van der Waals surface area contributed by atoms with Crippen LogP contribution in [0.1, 0.15) is 32.1 Å². The predicted octanol–water partition coefficient (Wildman–Crippen LogP) is 3.48. The largest absolute Gasteiger partial charge is 0.619 e. The Morgan fingerprint density at radius 1 is 1.07 bits per heavy atom. The van der Waals surface area contributed by atoms with E-state index in [1.54, 1.807) is 0 Å². The van der Waals surface area contributed by atoms with Crippen LogP contribution < -0.4 is 0 Å². The normalized spacial score (nSPS) is 19.1. The molecule has 1 aliphatic rings. The molecule has 1 aliphatic carbocycles. The second kappa shape index (κ2) is 4.96. The maximum atomic E-state index is 11.8. The van der Waals surface area contributed by atoms with E-state index in [4.69, 9.17) is 0 Å². The minimum atomic E-state index is 0.483. The Hall–Kier alpha value is -1.31. The van der Waals surface area contributed by atoms with E-state index >= 15 is 0 Å². The van der Waals surface area contributed by atoms with Crippen LogP contribution in [-0.2, 0) is 0 Å². The average Bonchev–Trinajstić information content (AvgIpc) is 2.31. The van der Waals surface area contributed by atoms with E-state index in [2.05, 4.69) is 0 Å². The Morgan fingerprint density at radius 2 is 1.73 bits per heavy atom. The highest BCUT2D eigenvalue weighted by Gasteiger charge is 2.14. The maximum Gasteiger partial charge on any atom is 0.216 e. The highest BCUT2D eigenvalue weighted by Crippen LogP contribution is 2.22. The highest BCUT2D eigenvalue weighted by molar-refractivity contribution is 5.57. The van der Waals surface area contributed by atoms with Crippen LogP contribution in [0, 0.1) is 11.1 Å². The third-order valence-corrected chi connectivity index (χ3v) is 3.01. The van der Waals surface area contributed by atoms with Gasteiger partial charge in [0.25, 0.3) is 0 Å². The van der Waals surface area contributed by atoms with Crippen molar-refractivity contribution in [1.82, 2.24) is 0 Å². The van der Waals surface area contributed by atoms with E-state index in [9.17, 15) is 5.21 Å². The zero-order valence-corrected chi connectivity index (χ0v) is 8.93. The minimum Gasteiger partial charge on any atom is -0.619 e. The van der Waals surface area contributed by atoms with Gasteiger partial charge in [-0.25, -0.2) is 0 Å². The number of hydrogen-bond donors (Lipinski definition) is 0. The monoisotopic (exact) mass is 203 g/mol. The molecule has 2 rings (SSSR count). The van der Waals surface area contributed by atoms with Crippen molar-refractivity contribution in [3.8, 4) is 0 Å². The third-order valence-electron chi connectivity index (χ3n) is 3.01. The Kier molecular flexibility index (Phi) is 3.38. The van der Waals surface area contributed by atoms with Crippen LogP contribution in [-0.4, -0.2) is 11.0 Å². The molecule has 2 heteroatoms. The van der Waals surface area contributed by atoms with Gasteiger partial charge in [-0.05, 0) is 12.8 Å². The minimum absolute atomic E-state index is 0.483. The van der Waals surface area contributed by atoms with Gasteiger partial charge in [0.2, 0.25) is 5.69 Å². The molecule has 0 N–H and O–H groups in total. The molecule has 0 heterocycles. The summed E-state index contributed by atoms with van der Waals surface area (Å²) in [5, 5.41) is 11.8. The molecule has 15 heavy (non-hydrogen) atoms. The summed E-state index contributed by atoms with van der Waals surface area (Å²) in [6.45, 7) is 0. The molecule has 0 radical (unpaired) electrons. The van der Waals surface area contributed by atoms with Crippen LogP contribution in [0.3, 0.4) is 0 Å². The molecule has 0 aliphatic heterocycles. The van der Waals surface area contributed by atoms with Crippen molar-refractivity contribution in [2.45, 2.75) is 32.1 Å². The average molecular weight is 203 g/mol. The zero-order valence-electron chi connectivity index (χ0n) is 8.93. The molecule has 0 bridgehead atoms. The van der Waals surface area contributed by atoms with Crippen molar-refractivity contribution in [2.75, 3.05) is 0 Å². The van der Waals surface area contributed by atoms with E-state index in [0.29, 0.717) is 5.92 Å². The SMILES string of the molecule is [O-]/[N+](=C\C1CCCCC1)c1ccccc1. The highest BCUT2D eigenvalue weighted by atomic mass is 16.5. The van der Waals surface area contributed by atoms with Crippen LogP contribution in [0.4, 0.5) is 5.69 Å². The number of rotatable bonds is 2. The Bertz CT molecular complexity index is 326. The van der Waals surface area contributed by atoms with E-state index in [-0.39, 0.29) is 0 Å². The summed E-state index contributed by atoms with van der Waals surface area (Å²) >= 11 is 0. The van der Waals surface area contributed by atoms with Crippen LogP contribution in [0.25, 0.3) is 0 Å². The van der Waals surface area contributed by atoms with Gasteiger partial charge >= 0.3 is 0 Å². The molecule has 2 nitrogen and oxygen atoms in total. The van der Waals surface area contributed by atoms with Gasteiger partial charge in [-0.15, -0.1) is 0 Å². The van der Waals surface area contributed by atoms with Crippen LogP contribution in [0.2, 0.25) is 0 Å². The molecule has 0 atom stereocenters. The summed E-state index contributed by atoms with van der Waals surface area (Å²) in [7, 11) is 0. The van der Waals surface area contributed by atoms with Crippen molar-refractivity contribution in [3.05, 3.63) is 35.5 Å². The van der Waals surface area contributed by atoms with Gasteiger partial charge in [0.15, 0.2) is 6.21 Å². The second-order valence-electron chi connectivity index (χ2n) is 4.21. The van der Waals surface area contributed by atoms with Crippen LogP contribution in [0.15, 0.2) is 30.3 Å². The fraction of sp³-hybridized carbons (Fsp3) is 0.462.